The molecule has 0 aromatic carbocycles. The lowest BCUT2D eigenvalue weighted by molar-refractivity contribution is -0.133. The molecule has 1 saturated carbocycles. The van der Waals surface area contributed by atoms with E-state index < -0.39 is 0 Å². The minimum absolute atomic E-state index is 0.295. The average Bonchev–Trinajstić information content (AvgIpc) is 2.35. The standard InChI is InChI=1S/C14H28N2O/c1-11(10-15)8-9-14(17)16(3)13-7-5-4-6-12(13)2/h11-13H,4-10,15H2,1-3H3. The van der Waals surface area contributed by atoms with Gasteiger partial charge in [0.1, 0.15) is 0 Å². The first-order chi connectivity index (χ1) is 8.06. The summed E-state index contributed by atoms with van der Waals surface area (Å²) in [6.45, 7) is 5.06. The average molecular weight is 240 g/mol. The molecule has 1 amide bonds. The van der Waals surface area contributed by atoms with Crippen molar-refractivity contribution in [1.29, 1.82) is 0 Å². The van der Waals surface area contributed by atoms with Gasteiger partial charge in [0.25, 0.3) is 0 Å². The van der Waals surface area contributed by atoms with Crippen molar-refractivity contribution in [3.05, 3.63) is 0 Å². The smallest absolute Gasteiger partial charge is 0.222 e. The van der Waals surface area contributed by atoms with Crippen LogP contribution in [0.4, 0.5) is 0 Å². The summed E-state index contributed by atoms with van der Waals surface area (Å²) in [6, 6.07) is 0.462. The van der Waals surface area contributed by atoms with Crippen LogP contribution >= 0.6 is 0 Å². The van der Waals surface area contributed by atoms with E-state index in [0.29, 0.717) is 36.8 Å². The lowest BCUT2D eigenvalue weighted by atomic mass is 9.85. The molecule has 3 nitrogen and oxygen atoms in total. The van der Waals surface area contributed by atoms with Crippen LogP contribution in [0.1, 0.15) is 52.4 Å². The lowest BCUT2D eigenvalue weighted by Gasteiger charge is -2.36. The van der Waals surface area contributed by atoms with Crippen molar-refractivity contribution in [3.63, 3.8) is 0 Å². The third-order valence-corrected chi connectivity index (χ3v) is 4.21. The van der Waals surface area contributed by atoms with Crippen molar-refractivity contribution in [3.8, 4) is 0 Å². The van der Waals surface area contributed by atoms with Crippen molar-refractivity contribution in [2.24, 2.45) is 17.6 Å². The summed E-state index contributed by atoms with van der Waals surface area (Å²) in [7, 11) is 1.97. The van der Waals surface area contributed by atoms with Crippen molar-refractivity contribution in [1.82, 2.24) is 4.90 Å². The zero-order chi connectivity index (χ0) is 12.8. The van der Waals surface area contributed by atoms with Gasteiger partial charge in [0.05, 0.1) is 0 Å². The van der Waals surface area contributed by atoms with Gasteiger partial charge in [0, 0.05) is 19.5 Å². The van der Waals surface area contributed by atoms with Crippen LogP contribution in [0.5, 0.6) is 0 Å². The Morgan fingerprint density at radius 2 is 2.06 bits per heavy atom. The molecule has 0 aromatic rings. The maximum atomic E-state index is 12.1. The van der Waals surface area contributed by atoms with Gasteiger partial charge >= 0.3 is 0 Å². The van der Waals surface area contributed by atoms with Crippen molar-refractivity contribution < 1.29 is 4.79 Å². The van der Waals surface area contributed by atoms with Crippen LogP contribution in [0.15, 0.2) is 0 Å². The van der Waals surface area contributed by atoms with E-state index in [-0.39, 0.29) is 0 Å². The highest BCUT2D eigenvalue weighted by molar-refractivity contribution is 5.76. The van der Waals surface area contributed by atoms with E-state index in [4.69, 9.17) is 5.73 Å². The fraction of sp³-hybridized carbons (Fsp3) is 0.929. The summed E-state index contributed by atoms with van der Waals surface area (Å²) in [6.07, 6.45) is 6.60. The molecule has 0 aromatic heterocycles. The Labute approximate surface area is 106 Å². The molecule has 3 heteroatoms. The largest absolute Gasteiger partial charge is 0.343 e. The van der Waals surface area contributed by atoms with E-state index in [2.05, 4.69) is 13.8 Å². The molecule has 3 atom stereocenters. The molecule has 0 saturated heterocycles. The van der Waals surface area contributed by atoms with Gasteiger partial charge in [0.15, 0.2) is 0 Å². The van der Waals surface area contributed by atoms with Crippen LogP contribution in [0.3, 0.4) is 0 Å². The van der Waals surface area contributed by atoms with Gasteiger partial charge in [-0.05, 0) is 37.6 Å². The van der Waals surface area contributed by atoms with Crippen molar-refractivity contribution in [2.75, 3.05) is 13.6 Å². The Bertz CT molecular complexity index is 242. The van der Waals surface area contributed by atoms with Gasteiger partial charge in [-0.2, -0.15) is 0 Å². The predicted octanol–water partition coefficient (Wildman–Crippen LogP) is 2.40. The lowest BCUT2D eigenvalue weighted by Crippen LogP contribution is -2.42. The van der Waals surface area contributed by atoms with Crippen molar-refractivity contribution in [2.45, 2.75) is 58.4 Å². The van der Waals surface area contributed by atoms with Crippen LogP contribution in [0.25, 0.3) is 0 Å². The fourth-order valence-corrected chi connectivity index (χ4v) is 2.72. The molecule has 0 spiro atoms. The van der Waals surface area contributed by atoms with E-state index in [9.17, 15) is 4.79 Å². The third-order valence-electron chi connectivity index (χ3n) is 4.21. The van der Waals surface area contributed by atoms with Crippen LogP contribution in [-0.4, -0.2) is 30.4 Å². The molecule has 1 fully saturated rings. The molecule has 1 rings (SSSR count). The summed E-state index contributed by atoms with van der Waals surface area (Å²) in [4.78, 5) is 14.1. The molecule has 1 aliphatic carbocycles. The highest BCUT2D eigenvalue weighted by Gasteiger charge is 2.27. The number of rotatable bonds is 5. The van der Waals surface area contributed by atoms with Crippen LogP contribution in [0, 0.1) is 11.8 Å². The first-order valence-corrected chi connectivity index (χ1v) is 7.02. The summed E-state index contributed by atoms with van der Waals surface area (Å²) in [5.74, 6) is 1.41. The predicted molar refractivity (Wildman–Crippen MR) is 71.6 cm³/mol. The van der Waals surface area contributed by atoms with Crippen LogP contribution in [-0.2, 0) is 4.79 Å². The SMILES string of the molecule is CC(CN)CCC(=O)N(C)C1CCCCC1C. The minimum Gasteiger partial charge on any atom is -0.343 e. The monoisotopic (exact) mass is 240 g/mol. The topological polar surface area (TPSA) is 46.3 Å². The van der Waals surface area contributed by atoms with Gasteiger partial charge in [-0.15, -0.1) is 0 Å². The maximum absolute atomic E-state index is 12.1. The molecule has 17 heavy (non-hydrogen) atoms. The maximum Gasteiger partial charge on any atom is 0.222 e. The van der Waals surface area contributed by atoms with Gasteiger partial charge in [-0.3, -0.25) is 4.79 Å². The molecular formula is C14H28N2O. The van der Waals surface area contributed by atoms with E-state index in [1.54, 1.807) is 0 Å². The second kappa shape index (κ2) is 7.00. The Morgan fingerprint density at radius 3 is 2.65 bits per heavy atom. The van der Waals surface area contributed by atoms with E-state index in [1.807, 2.05) is 11.9 Å². The second-order valence-electron chi connectivity index (χ2n) is 5.71. The molecule has 1 aliphatic rings. The molecule has 0 heterocycles. The molecule has 2 N–H and O–H groups in total. The zero-order valence-electron chi connectivity index (χ0n) is 11.6. The number of carbonyl (C=O) groups is 1. The summed E-state index contributed by atoms with van der Waals surface area (Å²) in [5.41, 5.74) is 5.57. The Morgan fingerprint density at radius 1 is 1.41 bits per heavy atom. The summed E-state index contributed by atoms with van der Waals surface area (Å²) >= 11 is 0. The molecule has 3 unspecified atom stereocenters. The number of hydrogen-bond acceptors (Lipinski definition) is 2. The first-order valence-electron chi connectivity index (χ1n) is 7.02. The van der Waals surface area contributed by atoms with Gasteiger partial charge in [-0.25, -0.2) is 0 Å². The Kier molecular flexibility index (Phi) is 5.96. The summed E-state index contributed by atoms with van der Waals surface area (Å²) in [5, 5.41) is 0. The molecule has 0 aliphatic heterocycles. The zero-order valence-corrected chi connectivity index (χ0v) is 11.6. The highest BCUT2D eigenvalue weighted by Crippen LogP contribution is 2.27. The Balaban J connectivity index is 2.39. The van der Waals surface area contributed by atoms with Crippen molar-refractivity contribution >= 4 is 5.91 Å². The number of amides is 1. The highest BCUT2D eigenvalue weighted by atomic mass is 16.2. The van der Waals surface area contributed by atoms with E-state index in [0.717, 1.165) is 6.42 Å². The van der Waals surface area contributed by atoms with E-state index in [1.165, 1.54) is 25.7 Å². The second-order valence-corrected chi connectivity index (χ2v) is 5.71. The van der Waals surface area contributed by atoms with E-state index >= 15 is 0 Å². The normalized spacial score (nSPS) is 26.6. The Hall–Kier alpha value is -0.570. The van der Waals surface area contributed by atoms with Gasteiger partial charge in [-0.1, -0.05) is 26.7 Å². The number of nitrogens with zero attached hydrogens (tertiary/aromatic N) is 1. The third kappa shape index (κ3) is 4.30. The molecule has 100 valence electrons. The van der Waals surface area contributed by atoms with Crippen LogP contribution < -0.4 is 5.73 Å². The van der Waals surface area contributed by atoms with Gasteiger partial charge in [0.2, 0.25) is 5.91 Å². The van der Waals surface area contributed by atoms with Gasteiger partial charge < -0.3 is 10.6 Å². The molecule has 0 bridgehead atoms. The summed E-state index contributed by atoms with van der Waals surface area (Å²) < 4.78 is 0. The molecule has 0 radical (unpaired) electrons. The fourth-order valence-electron chi connectivity index (χ4n) is 2.72. The quantitative estimate of drug-likeness (QED) is 0.802. The number of hydrogen-bond donors (Lipinski definition) is 1. The molecular weight excluding hydrogens is 212 g/mol. The van der Waals surface area contributed by atoms with Crippen LogP contribution in [0.2, 0.25) is 0 Å². The minimum atomic E-state index is 0.295. The number of carbonyl (C=O) groups excluding carboxylic acids is 1. The number of nitrogens with two attached hydrogens (primary N) is 1. The first kappa shape index (κ1) is 14.5.